The number of hydrogen-bond acceptors (Lipinski definition) is 2. The molecule has 0 aliphatic carbocycles. The highest BCUT2D eigenvalue weighted by Crippen LogP contribution is 2.13. The van der Waals surface area contributed by atoms with Gasteiger partial charge in [-0.1, -0.05) is 48.3 Å². The standard InChI is InChI=1S/C12H18BrNO2S/c1-3-10(2)9-14-17(15,16)12-6-4-11(8-13)5-7-12/h4-7,10,14H,3,8-9H2,1-2H3. The highest BCUT2D eigenvalue weighted by Gasteiger charge is 2.14. The van der Waals surface area contributed by atoms with E-state index in [0.29, 0.717) is 17.4 Å². The van der Waals surface area contributed by atoms with Crippen LogP contribution in [0.3, 0.4) is 0 Å². The van der Waals surface area contributed by atoms with Crippen LogP contribution in [-0.4, -0.2) is 15.0 Å². The summed E-state index contributed by atoms with van der Waals surface area (Å²) in [6.07, 6.45) is 0.963. The Morgan fingerprint density at radius 1 is 1.29 bits per heavy atom. The lowest BCUT2D eigenvalue weighted by molar-refractivity contribution is 0.528. The van der Waals surface area contributed by atoms with Gasteiger partial charge in [-0.3, -0.25) is 0 Å². The lowest BCUT2D eigenvalue weighted by Gasteiger charge is -2.11. The second-order valence-electron chi connectivity index (χ2n) is 4.14. The van der Waals surface area contributed by atoms with Crippen LogP contribution in [0.2, 0.25) is 0 Å². The number of hydrogen-bond donors (Lipinski definition) is 1. The maximum atomic E-state index is 11.9. The predicted octanol–water partition coefficient (Wildman–Crippen LogP) is 2.91. The monoisotopic (exact) mass is 319 g/mol. The molecule has 96 valence electrons. The summed E-state index contributed by atoms with van der Waals surface area (Å²) < 4.78 is 26.5. The quantitative estimate of drug-likeness (QED) is 0.819. The fourth-order valence-electron chi connectivity index (χ4n) is 1.24. The predicted molar refractivity (Wildman–Crippen MR) is 73.7 cm³/mol. The number of sulfonamides is 1. The van der Waals surface area contributed by atoms with Gasteiger partial charge in [-0.05, 0) is 23.6 Å². The molecule has 1 aromatic carbocycles. The summed E-state index contributed by atoms with van der Waals surface area (Å²) in [6, 6.07) is 6.89. The molecular formula is C12H18BrNO2S. The molecule has 0 spiro atoms. The first-order chi connectivity index (χ1) is 7.99. The molecule has 17 heavy (non-hydrogen) atoms. The first kappa shape index (κ1) is 14.7. The lowest BCUT2D eigenvalue weighted by Crippen LogP contribution is -2.28. The third-order valence-corrected chi connectivity index (χ3v) is 4.79. The Labute approximate surface area is 112 Å². The van der Waals surface area contributed by atoms with Crippen molar-refractivity contribution in [2.45, 2.75) is 30.5 Å². The molecule has 3 nitrogen and oxygen atoms in total. The van der Waals surface area contributed by atoms with Gasteiger partial charge >= 0.3 is 0 Å². The van der Waals surface area contributed by atoms with Gasteiger partial charge in [0.1, 0.15) is 0 Å². The Kier molecular flexibility index (Phi) is 5.62. The fourth-order valence-corrected chi connectivity index (χ4v) is 2.78. The molecule has 1 N–H and O–H groups in total. The van der Waals surface area contributed by atoms with Crippen LogP contribution in [0.25, 0.3) is 0 Å². The SMILES string of the molecule is CCC(C)CNS(=O)(=O)c1ccc(CBr)cc1. The van der Waals surface area contributed by atoms with Crippen molar-refractivity contribution in [3.05, 3.63) is 29.8 Å². The van der Waals surface area contributed by atoms with Crippen LogP contribution in [0.15, 0.2) is 29.2 Å². The number of rotatable bonds is 6. The summed E-state index contributed by atoms with van der Waals surface area (Å²) in [7, 11) is -3.36. The fraction of sp³-hybridized carbons (Fsp3) is 0.500. The molecule has 0 bridgehead atoms. The summed E-state index contributed by atoms with van der Waals surface area (Å²) in [5, 5.41) is 0.730. The van der Waals surface area contributed by atoms with E-state index >= 15 is 0 Å². The zero-order valence-electron chi connectivity index (χ0n) is 10.1. The van der Waals surface area contributed by atoms with E-state index in [1.165, 1.54) is 0 Å². The van der Waals surface area contributed by atoms with Crippen LogP contribution in [-0.2, 0) is 15.4 Å². The zero-order chi connectivity index (χ0) is 12.9. The topological polar surface area (TPSA) is 46.2 Å². The molecule has 1 rings (SSSR count). The summed E-state index contributed by atoms with van der Waals surface area (Å²) in [5.74, 6) is 0.353. The molecule has 1 atom stereocenters. The maximum absolute atomic E-state index is 11.9. The molecular weight excluding hydrogens is 302 g/mol. The second kappa shape index (κ2) is 6.52. The minimum Gasteiger partial charge on any atom is -0.211 e. The van der Waals surface area contributed by atoms with Gasteiger partial charge in [0.15, 0.2) is 0 Å². The molecule has 1 unspecified atom stereocenters. The van der Waals surface area contributed by atoms with Crippen molar-refractivity contribution in [1.29, 1.82) is 0 Å². The van der Waals surface area contributed by atoms with Crippen molar-refractivity contribution < 1.29 is 8.42 Å². The van der Waals surface area contributed by atoms with E-state index in [9.17, 15) is 8.42 Å². The lowest BCUT2D eigenvalue weighted by atomic mass is 10.1. The van der Waals surface area contributed by atoms with E-state index in [0.717, 1.165) is 17.3 Å². The zero-order valence-corrected chi connectivity index (χ0v) is 12.5. The van der Waals surface area contributed by atoms with E-state index in [1.54, 1.807) is 12.1 Å². The summed E-state index contributed by atoms with van der Waals surface area (Å²) in [4.78, 5) is 0.325. The van der Waals surface area contributed by atoms with Gasteiger partial charge in [0, 0.05) is 11.9 Å². The van der Waals surface area contributed by atoms with E-state index in [4.69, 9.17) is 0 Å². The molecule has 0 saturated heterocycles. The average molecular weight is 320 g/mol. The molecule has 0 saturated carbocycles. The average Bonchev–Trinajstić information content (AvgIpc) is 2.36. The molecule has 0 aliphatic heterocycles. The Morgan fingerprint density at radius 2 is 1.88 bits per heavy atom. The molecule has 0 fully saturated rings. The van der Waals surface area contributed by atoms with E-state index in [2.05, 4.69) is 20.7 Å². The third-order valence-electron chi connectivity index (χ3n) is 2.71. The number of alkyl halides is 1. The van der Waals surface area contributed by atoms with Crippen LogP contribution in [0.4, 0.5) is 0 Å². The van der Waals surface area contributed by atoms with Gasteiger partial charge in [0.25, 0.3) is 0 Å². The minimum atomic E-state index is -3.36. The van der Waals surface area contributed by atoms with Gasteiger partial charge < -0.3 is 0 Å². The Hall–Kier alpha value is -0.390. The third kappa shape index (κ3) is 4.41. The normalized spacial score (nSPS) is 13.6. The van der Waals surface area contributed by atoms with E-state index in [1.807, 2.05) is 26.0 Å². The largest absolute Gasteiger partial charge is 0.240 e. The highest BCUT2D eigenvalue weighted by atomic mass is 79.9. The number of halogens is 1. The van der Waals surface area contributed by atoms with Crippen molar-refractivity contribution in [3.63, 3.8) is 0 Å². The smallest absolute Gasteiger partial charge is 0.211 e. The number of nitrogens with one attached hydrogen (secondary N) is 1. The van der Waals surface area contributed by atoms with Crippen molar-refractivity contribution >= 4 is 26.0 Å². The number of benzene rings is 1. The van der Waals surface area contributed by atoms with Crippen LogP contribution in [0, 0.1) is 5.92 Å². The highest BCUT2D eigenvalue weighted by molar-refractivity contribution is 9.08. The van der Waals surface area contributed by atoms with Crippen molar-refractivity contribution in [1.82, 2.24) is 4.72 Å². The molecule has 0 amide bonds. The van der Waals surface area contributed by atoms with Crippen LogP contribution >= 0.6 is 15.9 Å². The summed E-state index contributed by atoms with van der Waals surface area (Å²) in [6.45, 7) is 4.55. The van der Waals surface area contributed by atoms with Crippen molar-refractivity contribution in [2.75, 3.05) is 6.54 Å². The Balaban J connectivity index is 2.75. The minimum absolute atomic E-state index is 0.325. The first-order valence-electron chi connectivity index (χ1n) is 5.64. The van der Waals surface area contributed by atoms with E-state index < -0.39 is 10.0 Å². The Bertz CT molecular complexity index is 442. The first-order valence-corrected chi connectivity index (χ1v) is 8.24. The van der Waals surface area contributed by atoms with E-state index in [-0.39, 0.29) is 0 Å². The molecule has 0 aromatic heterocycles. The van der Waals surface area contributed by atoms with Crippen molar-refractivity contribution in [2.24, 2.45) is 5.92 Å². The molecule has 5 heteroatoms. The Morgan fingerprint density at radius 3 is 2.35 bits per heavy atom. The summed E-state index contributed by atoms with van der Waals surface area (Å²) in [5.41, 5.74) is 1.06. The van der Waals surface area contributed by atoms with Gasteiger partial charge in [-0.25, -0.2) is 13.1 Å². The van der Waals surface area contributed by atoms with Gasteiger partial charge in [-0.15, -0.1) is 0 Å². The van der Waals surface area contributed by atoms with Crippen LogP contribution in [0.1, 0.15) is 25.8 Å². The van der Waals surface area contributed by atoms with Gasteiger partial charge in [0.2, 0.25) is 10.0 Å². The maximum Gasteiger partial charge on any atom is 0.240 e. The summed E-state index contributed by atoms with van der Waals surface area (Å²) >= 11 is 3.33. The molecule has 0 aliphatic rings. The van der Waals surface area contributed by atoms with Crippen LogP contribution < -0.4 is 4.72 Å². The molecule has 0 heterocycles. The van der Waals surface area contributed by atoms with Crippen LogP contribution in [0.5, 0.6) is 0 Å². The molecule has 0 radical (unpaired) electrons. The van der Waals surface area contributed by atoms with Gasteiger partial charge in [0.05, 0.1) is 4.90 Å². The molecule has 1 aromatic rings. The van der Waals surface area contributed by atoms with Gasteiger partial charge in [-0.2, -0.15) is 0 Å². The van der Waals surface area contributed by atoms with Crippen molar-refractivity contribution in [3.8, 4) is 0 Å². The second-order valence-corrected chi connectivity index (χ2v) is 6.47.